The molecular weight excluding hydrogens is 376 g/mol. The van der Waals surface area contributed by atoms with Crippen LogP contribution in [0.5, 0.6) is 11.5 Å². The number of ketones is 1. The van der Waals surface area contributed by atoms with Gasteiger partial charge in [-0.05, 0) is 31.2 Å². The highest BCUT2D eigenvalue weighted by atomic mass is 19.3. The molecule has 0 atom stereocenters. The summed E-state index contributed by atoms with van der Waals surface area (Å²) in [5, 5.41) is 0. The summed E-state index contributed by atoms with van der Waals surface area (Å²) in [6.07, 6.45) is 0. The largest absolute Gasteiger partial charge is 0.483 e. The van der Waals surface area contributed by atoms with Gasteiger partial charge in [-0.2, -0.15) is 8.78 Å². The summed E-state index contributed by atoms with van der Waals surface area (Å²) in [5.41, 5.74) is 5.48. The lowest BCUT2D eigenvalue weighted by atomic mass is 10.1. The zero-order valence-electron chi connectivity index (χ0n) is 14.8. The van der Waals surface area contributed by atoms with Gasteiger partial charge in [0.15, 0.2) is 13.2 Å². The highest BCUT2D eigenvalue weighted by Crippen LogP contribution is 2.23. The standard InChI is InChI=1S/C19H17F2NO6/c1-11-6-7-16(28-19(20)21)13(8-11)14(23)9-27-18(25)12-4-2-3-5-15(12)26-10-17(22)24/h2-8,19H,9-10H2,1H3,(H2,22,24). The number of nitrogens with two attached hydrogens (primary N) is 1. The minimum Gasteiger partial charge on any atom is -0.483 e. The van der Waals surface area contributed by atoms with Crippen molar-refractivity contribution in [1.82, 2.24) is 0 Å². The molecule has 0 aliphatic carbocycles. The molecule has 7 nitrogen and oxygen atoms in total. The topological polar surface area (TPSA) is 105 Å². The van der Waals surface area contributed by atoms with E-state index < -0.39 is 37.5 Å². The van der Waals surface area contributed by atoms with Crippen molar-refractivity contribution in [3.8, 4) is 11.5 Å². The number of halogens is 2. The van der Waals surface area contributed by atoms with Gasteiger partial charge in [0.1, 0.15) is 17.1 Å². The number of Topliss-reactive ketones (excluding diaryl/α,β-unsaturated/α-hetero) is 1. The fourth-order valence-corrected chi connectivity index (χ4v) is 2.26. The van der Waals surface area contributed by atoms with Gasteiger partial charge in [-0.25, -0.2) is 4.79 Å². The van der Waals surface area contributed by atoms with Crippen molar-refractivity contribution in [2.45, 2.75) is 13.5 Å². The van der Waals surface area contributed by atoms with Gasteiger partial charge in [0, 0.05) is 0 Å². The molecule has 9 heteroatoms. The Morgan fingerprint density at radius 1 is 1.00 bits per heavy atom. The quantitative estimate of drug-likeness (QED) is 0.518. The van der Waals surface area contributed by atoms with Gasteiger partial charge in [0.2, 0.25) is 5.78 Å². The Balaban J connectivity index is 2.10. The maximum atomic E-state index is 12.5. The number of para-hydroxylation sites is 1. The van der Waals surface area contributed by atoms with Crippen molar-refractivity contribution in [3.63, 3.8) is 0 Å². The van der Waals surface area contributed by atoms with E-state index in [1.54, 1.807) is 13.0 Å². The van der Waals surface area contributed by atoms with Gasteiger partial charge in [-0.1, -0.05) is 23.8 Å². The Bertz CT molecular complexity index is 884. The Morgan fingerprint density at radius 3 is 2.39 bits per heavy atom. The molecule has 0 radical (unpaired) electrons. The molecule has 0 saturated carbocycles. The monoisotopic (exact) mass is 393 g/mol. The highest BCUT2D eigenvalue weighted by molar-refractivity contribution is 6.02. The first-order valence-electron chi connectivity index (χ1n) is 8.04. The lowest BCUT2D eigenvalue weighted by Gasteiger charge is -2.12. The van der Waals surface area contributed by atoms with Crippen molar-refractivity contribution in [1.29, 1.82) is 0 Å². The predicted octanol–water partition coefficient (Wildman–Crippen LogP) is 2.50. The Kier molecular flexibility index (Phi) is 7.02. The molecule has 2 aromatic carbocycles. The average Bonchev–Trinajstić information content (AvgIpc) is 2.65. The van der Waals surface area contributed by atoms with E-state index in [0.29, 0.717) is 5.56 Å². The van der Waals surface area contributed by atoms with Crippen molar-refractivity contribution >= 4 is 17.7 Å². The zero-order valence-corrected chi connectivity index (χ0v) is 14.8. The number of esters is 1. The van der Waals surface area contributed by atoms with Crippen molar-refractivity contribution < 1.29 is 37.4 Å². The number of alkyl halides is 2. The van der Waals surface area contributed by atoms with Crippen LogP contribution >= 0.6 is 0 Å². The van der Waals surface area contributed by atoms with Crippen LogP contribution in [0.3, 0.4) is 0 Å². The third kappa shape index (κ3) is 5.76. The molecule has 0 heterocycles. The number of rotatable bonds is 9. The van der Waals surface area contributed by atoms with Crippen LogP contribution in [0.25, 0.3) is 0 Å². The molecule has 0 spiro atoms. The molecule has 148 valence electrons. The number of primary amides is 1. The van der Waals surface area contributed by atoms with Crippen LogP contribution in [0.2, 0.25) is 0 Å². The van der Waals surface area contributed by atoms with Crippen LogP contribution in [-0.2, 0) is 9.53 Å². The number of hydrogen-bond donors (Lipinski definition) is 1. The molecule has 0 saturated heterocycles. The average molecular weight is 393 g/mol. The Hall–Kier alpha value is -3.49. The summed E-state index contributed by atoms with van der Waals surface area (Å²) >= 11 is 0. The first-order valence-corrected chi connectivity index (χ1v) is 8.04. The number of ether oxygens (including phenoxy) is 3. The van der Waals surface area contributed by atoms with E-state index in [0.717, 1.165) is 0 Å². The molecule has 0 aliphatic rings. The molecule has 28 heavy (non-hydrogen) atoms. The van der Waals surface area contributed by atoms with Crippen LogP contribution in [0.4, 0.5) is 8.78 Å². The smallest absolute Gasteiger partial charge is 0.387 e. The maximum absolute atomic E-state index is 12.5. The first-order chi connectivity index (χ1) is 13.3. The van der Waals surface area contributed by atoms with E-state index in [1.807, 2.05) is 0 Å². The van der Waals surface area contributed by atoms with E-state index in [2.05, 4.69) is 4.74 Å². The predicted molar refractivity (Wildman–Crippen MR) is 93.6 cm³/mol. The number of amides is 1. The van der Waals surface area contributed by atoms with Crippen LogP contribution < -0.4 is 15.2 Å². The molecular formula is C19H17F2NO6. The fraction of sp³-hybridized carbons (Fsp3) is 0.211. The summed E-state index contributed by atoms with van der Waals surface area (Å²) in [6, 6.07) is 10.0. The molecule has 0 unspecified atom stereocenters. The SMILES string of the molecule is Cc1ccc(OC(F)F)c(C(=O)COC(=O)c2ccccc2OCC(N)=O)c1. The molecule has 0 bridgehead atoms. The van der Waals surface area contributed by atoms with Gasteiger partial charge < -0.3 is 19.9 Å². The van der Waals surface area contributed by atoms with Gasteiger partial charge >= 0.3 is 12.6 Å². The number of carbonyl (C=O) groups is 3. The van der Waals surface area contributed by atoms with Crippen molar-refractivity contribution in [2.24, 2.45) is 5.73 Å². The Labute approximate surface area is 159 Å². The lowest BCUT2D eigenvalue weighted by molar-refractivity contribution is -0.119. The first kappa shape index (κ1) is 20.8. The van der Waals surface area contributed by atoms with Gasteiger partial charge in [0.25, 0.3) is 5.91 Å². The molecule has 2 N–H and O–H groups in total. The number of aryl methyl sites for hydroxylation is 1. The minimum absolute atomic E-state index is 0.0233. The number of carbonyl (C=O) groups excluding carboxylic acids is 3. The zero-order chi connectivity index (χ0) is 20.7. The van der Waals surface area contributed by atoms with Crippen LogP contribution in [-0.4, -0.2) is 37.5 Å². The second kappa shape index (κ2) is 9.45. The van der Waals surface area contributed by atoms with Crippen molar-refractivity contribution in [2.75, 3.05) is 13.2 Å². The van der Waals surface area contributed by atoms with E-state index in [4.69, 9.17) is 15.2 Å². The summed E-state index contributed by atoms with van der Waals surface area (Å²) < 4.78 is 39.4. The maximum Gasteiger partial charge on any atom is 0.387 e. The third-order valence-electron chi connectivity index (χ3n) is 3.46. The van der Waals surface area contributed by atoms with Crippen LogP contribution in [0.1, 0.15) is 26.3 Å². The fourth-order valence-electron chi connectivity index (χ4n) is 2.26. The Morgan fingerprint density at radius 2 is 1.71 bits per heavy atom. The van der Waals surface area contributed by atoms with Crippen LogP contribution in [0.15, 0.2) is 42.5 Å². The third-order valence-corrected chi connectivity index (χ3v) is 3.46. The van der Waals surface area contributed by atoms with Crippen LogP contribution in [0, 0.1) is 6.92 Å². The summed E-state index contributed by atoms with van der Waals surface area (Å²) in [6.45, 7) is -2.58. The highest BCUT2D eigenvalue weighted by Gasteiger charge is 2.20. The lowest BCUT2D eigenvalue weighted by Crippen LogP contribution is -2.21. The molecule has 2 rings (SSSR count). The summed E-state index contributed by atoms with van der Waals surface area (Å²) in [7, 11) is 0. The number of benzene rings is 2. The van der Waals surface area contributed by atoms with E-state index in [-0.39, 0.29) is 22.6 Å². The van der Waals surface area contributed by atoms with E-state index in [1.165, 1.54) is 36.4 Å². The van der Waals surface area contributed by atoms with E-state index >= 15 is 0 Å². The molecule has 0 fully saturated rings. The second-order valence-corrected chi connectivity index (χ2v) is 5.63. The second-order valence-electron chi connectivity index (χ2n) is 5.63. The normalized spacial score (nSPS) is 10.4. The molecule has 0 aliphatic heterocycles. The van der Waals surface area contributed by atoms with Gasteiger partial charge in [-0.3, -0.25) is 9.59 Å². The molecule has 1 amide bonds. The van der Waals surface area contributed by atoms with E-state index in [9.17, 15) is 23.2 Å². The summed E-state index contributed by atoms with van der Waals surface area (Å²) in [5.74, 6) is -2.60. The minimum atomic E-state index is -3.11. The number of hydrogen-bond acceptors (Lipinski definition) is 6. The van der Waals surface area contributed by atoms with Crippen molar-refractivity contribution in [3.05, 3.63) is 59.2 Å². The summed E-state index contributed by atoms with van der Waals surface area (Å²) in [4.78, 5) is 35.4. The molecule has 0 aromatic heterocycles. The molecule has 2 aromatic rings. The van der Waals surface area contributed by atoms with Gasteiger partial charge in [-0.15, -0.1) is 0 Å². The van der Waals surface area contributed by atoms with Gasteiger partial charge in [0.05, 0.1) is 5.56 Å².